The highest BCUT2D eigenvalue weighted by Gasteiger charge is 2.09. The third-order valence-electron chi connectivity index (χ3n) is 2.63. The third kappa shape index (κ3) is 4.65. The highest BCUT2D eigenvalue weighted by molar-refractivity contribution is 7.99. The number of carboxylic acids is 1. The van der Waals surface area contributed by atoms with E-state index in [1.807, 2.05) is 0 Å². The summed E-state index contributed by atoms with van der Waals surface area (Å²) >= 11 is 7.56. The third-order valence-corrected chi connectivity index (χ3v) is 4.14. The van der Waals surface area contributed by atoms with Crippen LogP contribution in [0.3, 0.4) is 0 Å². The van der Waals surface area contributed by atoms with Gasteiger partial charge in [-0.25, -0.2) is 9.78 Å². The Morgan fingerprint density at radius 3 is 2.86 bits per heavy atom. The summed E-state index contributed by atoms with van der Waals surface area (Å²) < 4.78 is 5.52. The summed E-state index contributed by atoms with van der Waals surface area (Å²) in [5.74, 6) is 0.206. The molecule has 0 saturated carbocycles. The fourth-order valence-electron chi connectivity index (χ4n) is 1.66. The first-order chi connectivity index (χ1) is 10.2. The smallest absolute Gasteiger partial charge is 0.339 e. The van der Waals surface area contributed by atoms with Gasteiger partial charge in [0.2, 0.25) is 0 Å². The topological polar surface area (TPSA) is 59.4 Å². The van der Waals surface area contributed by atoms with Crippen LogP contribution in [0.2, 0.25) is 5.02 Å². The average molecular weight is 324 g/mol. The molecule has 0 radical (unpaired) electrons. The number of hydrogen-bond acceptors (Lipinski definition) is 4. The molecule has 0 fully saturated rings. The van der Waals surface area contributed by atoms with Gasteiger partial charge in [0, 0.05) is 11.9 Å². The van der Waals surface area contributed by atoms with E-state index in [4.69, 9.17) is 21.4 Å². The number of ether oxygens (including phenoxy) is 1. The van der Waals surface area contributed by atoms with Crippen LogP contribution >= 0.6 is 23.4 Å². The molecule has 0 atom stereocenters. The number of benzene rings is 1. The van der Waals surface area contributed by atoms with Crippen LogP contribution in [0, 0.1) is 0 Å². The van der Waals surface area contributed by atoms with Gasteiger partial charge in [0.05, 0.1) is 11.6 Å². The largest absolute Gasteiger partial charge is 0.493 e. The number of para-hydroxylation sites is 1. The molecule has 0 aliphatic heterocycles. The van der Waals surface area contributed by atoms with E-state index in [-0.39, 0.29) is 5.56 Å². The number of halogens is 1. The first-order valence-corrected chi connectivity index (χ1v) is 7.73. The van der Waals surface area contributed by atoms with Gasteiger partial charge in [-0.1, -0.05) is 23.7 Å². The first kappa shape index (κ1) is 15.7. The van der Waals surface area contributed by atoms with E-state index in [0.29, 0.717) is 17.4 Å². The number of aromatic nitrogens is 1. The van der Waals surface area contributed by atoms with Crippen molar-refractivity contribution in [3.63, 3.8) is 0 Å². The highest BCUT2D eigenvalue weighted by Crippen LogP contribution is 2.24. The Morgan fingerprint density at radius 1 is 1.29 bits per heavy atom. The summed E-state index contributed by atoms with van der Waals surface area (Å²) in [4.78, 5) is 15.2. The fraction of sp³-hybridized carbons (Fsp3) is 0.200. The molecule has 0 bridgehead atoms. The normalized spacial score (nSPS) is 10.3. The summed E-state index contributed by atoms with van der Waals surface area (Å²) in [5.41, 5.74) is 0.179. The van der Waals surface area contributed by atoms with Crippen molar-refractivity contribution in [3.05, 3.63) is 53.2 Å². The molecular formula is C15H14ClNO3S. The molecule has 0 unspecified atom stereocenters. The molecule has 0 spiro atoms. The monoisotopic (exact) mass is 323 g/mol. The van der Waals surface area contributed by atoms with Crippen LogP contribution in [0.4, 0.5) is 0 Å². The maximum atomic E-state index is 11.0. The minimum atomic E-state index is -0.986. The van der Waals surface area contributed by atoms with Crippen molar-refractivity contribution in [2.45, 2.75) is 11.4 Å². The lowest BCUT2D eigenvalue weighted by atomic mass is 10.2. The van der Waals surface area contributed by atoms with E-state index in [1.165, 1.54) is 6.07 Å². The van der Waals surface area contributed by atoms with E-state index in [0.717, 1.165) is 17.2 Å². The Kier molecular flexibility index (Phi) is 5.90. The number of thioether (sulfide) groups is 1. The number of carboxylic acid groups (broad SMARTS) is 1. The van der Waals surface area contributed by atoms with Gasteiger partial charge < -0.3 is 9.84 Å². The number of rotatable bonds is 7. The first-order valence-electron chi connectivity index (χ1n) is 6.37. The van der Waals surface area contributed by atoms with E-state index in [2.05, 4.69) is 4.98 Å². The molecule has 1 aromatic heterocycles. The lowest BCUT2D eigenvalue weighted by molar-refractivity contribution is 0.0692. The molecule has 0 aliphatic carbocycles. The Hall–Kier alpha value is -1.72. The molecule has 6 heteroatoms. The van der Waals surface area contributed by atoms with Gasteiger partial charge >= 0.3 is 5.97 Å². The molecule has 2 rings (SSSR count). The van der Waals surface area contributed by atoms with Crippen molar-refractivity contribution < 1.29 is 14.6 Å². The molecular weight excluding hydrogens is 310 g/mol. The van der Waals surface area contributed by atoms with Crippen molar-refractivity contribution in [2.75, 3.05) is 12.4 Å². The SMILES string of the molecule is O=C(O)c1ccccc1OCCCSc1ncccc1Cl. The van der Waals surface area contributed by atoms with Gasteiger partial charge in [-0.15, -0.1) is 11.8 Å². The minimum Gasteiger partial charge on any atom is -0.493 e. The molecule has 110 valence electrons. The summed E-state index contributed by atoms with van der Waals surface area (Å²) in [5, 5.41) is 10.5. The van der Waals surface area contributed by atoms with Gasteiger partial charge in [-0.05, 0) is 30.7 Å². The predicted molar refractivity (Wildman–Crippen MR) is 83.5 cm³/mol. The van der Waals surface area contributed by atoms with Crippen LogP contribution in [0.1, 0.15) is 16.8 Å². The van der Waals surface area contributed by atoms with Crippen molar-refractivity contribution >= 4 is 29.3 Å². The van der Waals surface area contributed by atoms with E-state index < -0.39 is 5.97 Å². The van der Waals surface area contributed by atoms with Crippen LogP contribution in [-0.4, -0.2) is 28.4 Å². The molecule has 21 heavy (non-hydrogen) atoms. The van der Waals surface area contributed by atoms with Crippen LogP contribution in [-0.2, 0) is 0 Å². The molecule has 0 saturated heterocycles. The molecule has 0 aliphatic rings. The Balaban J connectivity index is 1.78. The van der Waals surface area contributed by atoms with E-state index in [9.17, 15) is 4.79 Å². The predicted octanol–water partition coefficient (Wildman–Crippen LogP) is 3.99. The number of carbonyl (C=O) groups is 1. The quantitative estimate of drug-likeness (QED) is 0.616. The summed E-state index contributed by atoms with van der Waals surface area (Å²) in [7, 11) is 0. The number of nitrogens with zero attached hydrogens (tertiary/aromatic N) is 1. The summed E-state index contributed by atoms with van der Waals surface area (Å²) in [6.45, 7) is 0.446. The number of pyridine rings is 1. The summed E-state index contributed by atoms with van der Waals surface area (Å²) in [6.07, 6.45) is 2.47. The molecule has 1 aromatic carbocycles. The van der Waals surface area contributed by atoms with Crippen molar-refractivity contribution in [3.8, 4) is 5.75 Å². The molecule has 1 N–H and O–H groups in total. The Labute approximate surface area is 132 Å². The second-order valence-corrected chi connectivity index (χ2v) is 5.63. The van der Waals surface area contributed by atoms with Crippen LogP contribution in [0.15, 0.2) is 47.6 Å². The lowest BCUT2D eigenvalue weighted by Crippen LogP contribution is -2.05. The van der Waals surface area contributed by atoms with Gasteiger partial charge in [0.25, 0.3) is 0 Å². The minimum absolute atomic E-state index is 0.179. The van der Waals surface area contributed by atoms with Crippen LogP contribution in [0.25, 0.3) is 0 Å². The van der Waals surface area contributed by atoms with E-state index in [1.54, 1.807) is 48.3 Å². The molecule has 1 heterocycles. The standard InChI is InChI=1S/C15H14ClNO3S/c16-12-6-3-8-17-14(12)21-10-4-9-20-13-7-2-1-5-11(13)15(18)19/h1-3,5-8H,4,9-10H2,(H,18,19). The second kappa shape index (κ2) is 7.90. The average Bonchev–Trinajstić information content (AvgIpc) is 2.49. The van der Waals surface area contributed by atoms with Crippen molar-refractivity contribution in [1.29, 1.82) is 0 Å². The highest BCUT2D eigenvalue weighted by atomic mass is 35.5. The zero-order chi connectivity index (χ0) is 15.1. The maximum absolute atomic E-state index is 11.0. The number of hydrogen-bond donors (Lipinski definition) is 1. The lowest BCUT2D eigenvalue weighted by Gasteiger charge is -2.08. The second-order valence-electron chi connectivity index (χ2n) is 4.14. The van der Waals surface area contributed by atoms with Gasteiger partial charge in [-0.2, -0.15) is 0 Å². The fourth-order valence-corrected chi connectivity index (χ4v) is 2.74. The van der Waals surface area contributed by atoms with E-state index >= 15 is 0 Å². The van der Waals surface area contributed by atoms with Crippen molar-refractivity contribution in [2.24, 2.45) is 0 Å². The zero-order valence-electron chi connectivity index (χ0n) is 11.2. The molecule has 2 aromatic rings. The van der Waals surface area contributed by atoms with Crippen LogP contribution < -0.4 is 4.74 Å². The maximum Gasteiger partial charge on any atom is 0.339 e. The van der Waals surface area contributed by atoms with Crippen molar-refractivity contribution in [1.82, 2.24) is 4.98 Å². The Morgan fingerprint density at radius 2 is 2.10 bits per heavy atom. The Bertz CT molecular complexity index is 621. The van der Waals surface area contributed by atoms with Gasteiger partial charge in [0.15, 0.2) is 0 Å². The molecule has 4 nitrogen and oxygen atoms in total. The van der Waals surface area contributed by atoms with Gasteiger partial charge in [-0.3, -0.25) is 0 Å². The zero-order valence-corrected chi connectivity index (χ0v) is 12.7. The number of aromatic carboxylic acids is 1. The molecule has 0 amide bonds. The summed E-state index contributed by atoms with van der Waals surface area (Å²) in [6, 6.07) is 10.2. The van der Waals surface area contributed by atoms with Gasteiger partial charge in [0.1, 0.15) is 16.3 Å². The van der Waals surface area contributed by atoms with Crippen LogP contribution in [0.5, 0.6) is 5.75 Å².